The van der Waals surface area contributed by atoms with E-state index < -0.39 is 0 Å². The quantitative estimate of drug-likeness (QED) is 0.341. The number of fused-ring (bicyclic) bond motifs is 2. The minimum atomic E-state index is 0.639. The van der Waals surface area contributed by atoms with Gasteiger partial charge in [-0.3, -0.25) is 0 Å². The van der Waals surface area contributed by atoms with Crippen molar-refractivity contribution in [3.05, 3.63) is 53.0 Å². The number of nitrogens with zero attached hydrogens (tertiary/aromatic N) is 1. The van der Waals surface area contributed by atoms with Gasteiger partial charge in [0.2, 0.25) is 5.52 Å². The van der Waals surface area contributed by atoms with Crippen molar-refractivity contribution in [2.45, 2.75) is 19.3 Å². The van der Waals surface area contributed by atoms with Crippen molar-refractivity contribution >= 4 is 57.2 Å². The van der Waals surface area contributed by atoms with E-state index in [1.807, 2.05) is 29.6 Å². The van der Waals surface area contributed by atoms with Crippen molar-refractivity contribution in [3.63, 3.8) is 0 Å². The molecule has 4 rings (SSSR count). The molecule has 0 unspecified atom stereocenters. The number of aryl methyl sites for hydroxylation is 1. The zero-order chi connectivity index (χ0) is 25.5. The number of thiazole rings is 1. The Kier molecular flexibility index (Phi) is 12.5. The SMILES string of the molecule is C[n+]1c(/C=C/c2ccc3c(c2)OCCSCCOCCOCCSCCCCCO3)sc2ccccc21. The average Bonchev–Trinajstić information content (AvgIpc) is 3.24. The summed E-state index contributed by atoms with van der Waals surface area (Å²) >= 11 is 5.61. The Morgan fingerprint density at radius 1 is 0.703 bits per heavy atom. The van der Waals surface area contributed by atoms with Crippen LogP contribution in [0.15, 0.2) is 42.5 Å². The van der Waals surface area contributed by atoms with Crippen molar-refractivity contribution in [2.24, 2.45) is 7.05 Å². The van der Waals surface area contributed by atoms with Crippen LogP contribution >= 0.6 is 34.9 Å². The van der Waals surface area contributed by atoms with Crippen molar-refractivity contribution in [2.75, 3.05) is 62.7 Å². The van der Waals surface area contributed by atoms with E-state index in [9.17, 15) is 0 Å². The molecule has 0 saturated carbocycles. The molecular weight excluding hydrogens is 523 g/mol. The molecule has 1 aromatic heterocycles. The molecule has 1 aliphatic rings. The number of benzene rings is 2. The molecule has 0 N–H and O–H groups in total. The summed E-state index contributed by atoms with van der Waals surface area (Å²) in [6.07, 6.45) is 7.76. The largest absolute Gasteiger partial charge is 0.490 e. The van der Waals surface area contributed by atoms with Crippen LogP contribution in [-0.2, 0) is 16.5 Å². The van der Waals surface area contributed by atoms with Gasteiger partial charge >= 0.3 is 0 Å². The third kappa shape index (κ3) is 9.52. The summed E-state index contributed by atoms with van der Waals surface area (Å²) < 4.78 is 27.2. The summed E-state index contributed by atoms with van der Waals surface area (Å²) in [6, 6.07) is 14.8. The van der Waals surface area contributed by atoms with Crippen LogP contribution in [-0.4, -0.2) is 62.7 Å². The molecule has 200 valence electrons. The molecule has 0 spiro atoms. The minimum Gasteiger partial charge on any atom is -0.490 e. The van der Waals surface area contributed by atoms with Crippen LogP contribution in [0.5, 0.6) is 11.5 Å². The second kappa shape index (κ2) is 16.3. The molecule has 0 amide bonds. The fourth-order valence-electron chi connectivity index (χ4n) is 3.93. The van der Waals surface area contributed by atoms with Gasteiger partial charge in [-0.1, -0.05) is 29.5 Å². The first kappa shape index (κ1) is 28.3. The van der Waals surface area contributed by atoms with Gasteiger partial charge in [0, 0.05) is 29.4 Å². The fourth-order valence-corrected chi connectivity index (χ4v) is 6.47. The summed E-state index contributed by atoms with van der Waals surface area (Å²) in [4.78, 5) is 0. The predicted octanol–water partition coefficient (Wildman–Crippen LogP) is 6.34. The summed E-state index contributed by atoms with van der Waals surface area (Å²) in [5.41, 5.74) is 2.35. The Balaban J connectivity index is 1.39. The monoisotopic (exact) mass is 560 g/mol. The van der Waals surface area contributed by atoms with Crippen LogP contribution in [0.4, 0.5) is 0 Å². The van der Waals surface area contributed by atoms with Gasteiger partial charge in [0.05, 0.1) is 39.6 Å². The normalized spacial score (nSPS) is 18.0. The van der Waals surface area contributed by atoms with Gasteiger partial charge in [-0.05, 0) is 54.9 Å². The molecular formula is C29H38NO4S3+. The van der Waals surface area contributed by atoms with Crippen molar-refractivity contribution in [1.29, 1.82) is 0 Å². The second-order valence-corrected chi connectivity index (χ2v) is 12.2. The van der Waals surface area contributed by atoms with Gasteiger partial charge in [0.25, 0.3) is 5.01 Å². The van der Waals surface area contributed by atoms with Gasteiger partial charge < -0.3 is 18.9 Å². The maximum Gasteiger partial charge on any atom is 0.262 e. The van der Waals surface area contributed by atoms with Gasteiger partial charge in [-0.2, -0.15) is 28.1 Å². The van der Waals surface area contributed by atoms with E-state index in [0.29, 0.717) is 26.4 Å². The van der Waals surface area contributed by atoms with Gasteiger partial charge in [-0.25, -0.2) is 0 Å². The molecule has 2 heterocycles. The number of hydrogen-bond acceptors (Lipinski definition) is 7. The molecule has 0 fully saturated rings. The number of ether oxygens (including phenoxy) is 4. The zero-order valence-electron chi connectivity index (χ0n) is 21.7. The third-order valence-electron chi connectivity index (χ3n) is 5.95. The standard InChI is InChI=1S/C29H38NO4S3/c1-30-25-7-3-4-8-28(25)37-29(30)12-10-24-9-11-26-27(23-24)34-18-22-36-21-17-32-15-14-31-16-20-35-19-6-2-5-13-33-26/h3-4,7-12,23H,2,5-6,13-22H2,1H3/q+1/b12-10+. The maximum absolute atomic E-state index is 6.20. The van der Waals surface area contributed by atoms with Gasteiger partial charge in [0.15, 0.2) is 11.5 Å². The van der Waals surface area contributed by atoms with Crippen LogP contribution in [0, 0.1) is 0 Å². The predicted molar refractivity (Wildman–Crippen MR) is 159 cm³/mol. The number of aromatic nitrogens is 1. The fraction of sp³-hybridized carbons (Fsp3) is 0.483. The molecule has 5 nitrogen and oxygen atoms in total. The third-order valence-corrected chi connectivity index (χ3v) is 9.08. The highest BCUT2D eigenvalue weighted by Crippen LogP contribution is 2.30. The first-order valence-corrected chi connectivity index (χ1v) is 16.2. The summed E-state index contributed by atoms with van der Waals surface area (Å²) in [5, 5.41) is 1.21. The van der Waals surface area contributed by atoms with E-state index in [2.05, 4.69) is 60.2 Å². The van der Waals surface area contributed by atoms with Crippen LogP contribution in [0.3, 0.4) is 0 Å². The lowest BCUT2D eigenvalue weighted by Crippen LogP contribution is -2.28. The molecule has 0 atom stereocenters. The highest BCUT2D eigenvalue weighted by Gasteiger charge is 2.14. The lowest BCUT2D eigenvalue weighted by Gasteiger charge is -2.14. The molecule has 1 aliphatic heterocycles. The average molecular weight is 561 g/mol. The highest BCUT2D eigenvalue weighted by molar-refractivity contribution is 7.99. The van der Waals surface area contributed by atoms with E-state index in [0.717, 1.165) is 54.0 Å². The maximum atomic E-state index is 6.20. The number of para-hydroxylation sites is 1. The Morgan fingerprint density at radius 3 is 2.30 bits per heavy atom. The van der Waals surface area contributed by atoms with E-state index >= 15 is 0 Å². The molecule has 0 saturated heterocycles. The van der Waals surface area contributed by atoms with E-state index in [4.69, 9.17) is 18.9 Å². The Labute approximate surface area is 233 Å². The Bertz CT molecular complexity index is 1120. The number of thioether (sulfide) groups is 2. The molecule has 2 aromatic carbocycles. The van der Waals surface area contributed by atoms with Crippen LogP contribution in [0.2, 0.25) is 0 Å². The van der Waals surface area contributed by atoms with Crippen LogP contribution < -0.4 is 14.0 Å². The van der Waals surface area contributed by atoms with Gasteiger partial charge in [0.1, 0.15) is 11.7 Å². The highest BCUT2D eigenvalue weighted by atomic mass is 32.2. The summed E-state index contributed by atoms with van der Waals surface area (Å²) in [5.74, 6) is 5.73. The zero-order valence-corrected chi connectivity index (χ0v) is 24.1. The lowest BCUT2D eigenvalue weighted by molar-refractivity contribution is -0.642. The van der Waals surface area contributed by atoms with Crippen molar-refractivity contribution in [1.82, 2.24) is 0 Å². The topological polar surface area (TPSA) is 40.8 Å². The van der Waals surface area contributed by atoms with E-state index in [1.165, 1.54) is 33.8 Å². The molecule has 37 heavy (non-hydrogen) atoms. The van der Waals surface area contributed by atoms with Crippen LogP contribution in [0.25, 0.3) is 22.4 Å². The van der Waals surface area contributed by atoms with Crippen molar-refractivity contribution < 1.29 is 23.5 Å². The summed E-state index contributed by atoms with van der Waals surface area (Å²) in [7, 11) is 2.12. The molecule has 0 bridgehead atoms. The number of hydrogen-bond donors (Lipinski definition) is 0. The molecule has 8 heteroatoms. The molecule has 0 aliphatic carbocycles. The smallest absolute Gasteiger partial charge is 0.262 e. The first-order valence-electron chi connectivity index (χ1n) is 13.1. The minimum absolute atomic E-state index is 0.639. The van der Waals surface area contributed by atoms with E-state index in [-0.39, 0.29) is 0 Å². The Hall–Kier alpha value is -1.71. The second-order valence-electron chi connectivity index (χ2n) is 8.71. The molecule has 0 radical (unpaired) electrons. The van der Waals surface area contributed by atoms with E-state index in [1.54, 1.807) is 11.3 Å². The number of rotatable bonds is 2. The van der Waals surface area contributed by atoms with Gasteiger partial charge in [-0.15, -0.1) is 0 Å². The molecule has 3 aromatic rings. The Morgan fingerprint density at radius 2 is 1.46 bits per heavy atom. The summed E-state index contributed by atoms with van der Waals surface area (Å²) in [6.45, 7) is 4.25. The van der Waals surface area contributed by atoms with Crippen LogP contribution in [0.1, 0.15) is 29.8 Å². The first-order chi connectivity index (χ1) is 18.3. The lowest BCUT2D eigenvalue weighted by atomic mass is 10.2. The van der Waals surface area contributed by atoms with Crippen molar-refractivity contribution in [3.8, 4) is 11.5 Å².